The molecule has 0 aliphatic carbocycles. The molecule has 2 unspecified atom stereocenters. The minimum atomic E-state index is -2.76. The van der Waals surface area contributed by atoms with Crippen molar-refractivity contribution >= 4 is 0 Å². The van der Waals surface area contributed by atoms with Crippen molar-refractivity contribution in [3.05, 3.63) is 11.7 Å². The lowest BCUT2D eigenvalue weighted by Gasteiger charge is -2.14. The topological polar surface area (TPSA) is 85.2 Å². The zero-order valence-electron chi connectivity index (χ0n) is 8.23. The number of aromatic nitrogens is 2. The third-order valence-electron chi connectivity index (χ3n) is 2.12. The Kier molecular flexibility index (Phi) is 4.10. The average molecular weight is 221 g/mol. The molecule has 2 atom stereocenters. The largest absolute Gasteiger partial charge is 0.395 e. The molecule has 1 aromatic rings. The molecule has 0 aliphatic heterocycles. The fourth-order valence-corrected chi connectivity index (χ4v) is 1.06. The van der Waals surface area contributed by atoms with E-state index >= 15 is 0 Å². The van der Waals surface area contributed by atoms with Gasteiger partial charge < -0.3 is 15.4 Å². The molecule has 1 rings (SSSR count). The Morgan fingerprint density at radius 1 is 1.53 bits per heavy atom. The van der Waals surface area contributed by atoms with Crippen molar-refractivity contribution in [3.63, 3.8) is 0 Å². The third-order valence-corrected chi connectivity index (χ3v) is 2.12. The molecule has 0 saturated heterocycles. The summed E-state index contributed by atoms with van der Waals surface area (Å²) in [7, 11) is 0. The number of halogens is 2. The number of rotatable bonds is 5. The van der Waals surface area contributed by atoms with Crippen LogP contribution in [0.2, 0.25) is 0 Å². The first kappa shape index (κ1) is 12.0. The van der Waals surface area contributed by atoms with Gasteiger partial charge in [0.05, 0.1) is 6.61 Å². The summed E-state index contributed by atoms with van der Waals surface area (Å²) in [5.41, 5.74) is 5.55. The van der Waals surface area contributed by atoms with Gasteiger partial charge >= 0.3 is 6.43 Å². The van der Waals surface area contributed by atoms with Crippen LogP contribution in [0.25, 0.3) is 0 Å². The van der Waals surface area contributed by atoms with Crippen LogP contribution in [0, 0.1) is 5.92 Å². The molecular formula is C8H13F2N3O2. The Bertz CT molecular complexity index is 306. The highest BCUT2D eigenvalue weighted by molar-refractivity contribution is 4.90. The summed E-state index contributed by atoms with van der Waals surface area (Å²) in [6, 6.07) is -0.418. The second-order valence-electron chi connectivity index (χ2n) is 3.38. The summed E-state index contributed by atoms with van der Waals surface area (Å²) in [5.74, 6) is -0.602. The number of hydrogen-bond donors (Lipinski definition) is 2. The lowest BCUT2D eigenvalue weighted by molar-refractivity contribution is 0.106. The van der Waals surface area contributed by atoms with E-state index in [2.05, 4.69) is 14.7 Å². The monoisotopic (exact) mass is 221 g/mol. The van der Waals surface area contributed by atoms with E-state index in [1.165, 1.54) is 0 Å². The number of nitrogens with zero attached hydrogens (tertiary/aromatic N) is 2. The van der Waals surface area contributed by atoms with Crippen molar-refractivity contribution in [2.75, 3.05) is 6.61 Å². The van der Waals surface area contributed by atoms with E-state index in [9.17, 15) is 8.78 Å². The standard InChI is InChI=1S/C8H13F2N3O2/c1-4(5(11)3-14)2-6-12-8(7(9)10)15-13-6/h4-5,7,14H,2-3,11H2,1H3. The minimum absolute atomic E-state index is 0.0990. The lowest BCUT2D eigenvalue weighted by Crippen LogP contribution is -2.33. The zero-order valence-corrected chi connectivity index (χ0v) is 8.23. The maximum absolute atomic E-state index is 12.1. The Balaban J connectivity index is 2.57. The van der Waals surface area contributed by atoms with Gasteiger partial charge in [0.25, 0.3) is 5.89 Å². The van der Waals surface area contributed by atoms with Gasteiger partial charge in [-0.05, 0) is 5.92 Å². The molecule has 7 heteroatoms. The van der Waals surface area contributed by atoms with Crippen LogP contribution in [0.4, 0.5) is 8.78 Å². The molecule has 3 N–H and O–H groups in total. The summed E-state index contributed by atoms with van der Waals surface area (Å²) >= 11 is 0. The molecule has 1 aromatic heterocycles. The molecule has 0 saturated carbocycles. The highest BCUT2D eigenvalue weighted by Crippen LogP contribution is 2.17. The van der Waals surface area contributed by atoms with Gasteiger partial charge in [-0.2, -0.15) is 13.8 Å². The van der Waals surface area contributed by atoms with Crippen LogP contribution in [-0.2, 0) is 6.42 Å². The second-order valence-corrected chi connectivity index (χ2v) is 3.38. The molecule has 15 heavy (non-hydrogen) atoms. The molecule has 5 nitrogen and oxygen atoms in total. The Morgan fingerprint density at radius 2 is 2.20 bits per heavy atom. The van der Waals surface area contributed by atoms with E-state index in [4.69, 9.17) is 10.8 Å². The van der Waals surface area contributed by atoms with Crippen molar-refractivity contribution in [1.29, 1.82) is 0 Å². The van der Waals surface area contributed by atoms with E-state index in [1.54, 1.807) is 6.92 Å². The molecule has 0 spiro atoms. The minimum Gasteiger partial charge on any atom is -0.395 e. The first-order valence-corrected chi connectivity index (χ1v) is 4.51. The van der Waals surface area contributed by atoms with E-state index < -0.39 is 18.4 Å². The fraction of sp³-hybridized carbons (Fsp3) is 0.750. The number of aliphatic hydroxyl groups is 1. The maximum atomic E-state index is 12.1. The van der Waals surface area contributed by atoms with E-state index in [-0.39, 0.29) is 18.3 Å². The van der Waals surface area contributed by atoms with Crippen LogP contribution in [0.3, 0.4) is 0 Å². The number of aliphatic hydroxyl groups excluding tert-OH is 1. The van der Waals surface area contributed by atoms with E-state index in [0.29, 0.717) is 6.42 Å². The molecule has 0 amide bonds. The molecule has 86 valence electrons. The summed E-state index contributed by atoms with van der Waals surface area (Å²) in [6.45, 7) is 1.61. The van der Waals surface area contributed by atoms with Crippen molar-refractivity contribution < 1.29 is 18.4 Å². The summed E-state index contributed by atoms with van der Waals surface area (Å²) in [5, 5.41) is 12.2. The van der Waals surface area contributed by atoms with Crippen molar-refractivity contribution in [2.45, 2.75) is 25.8 Å². The first-order valence-electron chi connectivity index (χ1n) is 4.51. The van der Waals surface area contributed by atoms with Crippen molar-refractivity contribution in [2.24, 2.45) is 11.7 Å². The smallest absolute Gasteiger partial charge is 0.315 e. The summed E-state index contributed by atoms with van der Waals surface area (Å²) < 4.78 is 28.5. The zero-order chi connectivity index (χ0) is 11.4. The van der Waals surface area contributed by atoms with E-state index in [1.807, 2.05) is 0 Å². The number of alkyl halides is 2. The van der Waals surface area contributed by atoms with Crippen LogP contribution in [0.1, 0.15) is 25.1 Å². The Morgan fingerprint density at radius 3 is 2.67 bits per heavy atom. The molecule has 1 heterocycles. The quantitative estimate of drug-likeness (QED) is 0.756. The van der Waals surface area contributed by atoms with Gasteiger partial charge in [0.2, 0.25) is 0 Å². The first-order chi connectivity index (χ1) is 7.04. The normalized spacial score (nSPS) is 15.6. The van der Waals surface area contributed by atoms with Gasteiger partial charge in [-0.15, -0.1) is 0 Å². The lowest BCUT2D eigenvalue weighted by atomic mass is 10.00. The predicted octanol–water partition coefficient (Wildman–Crippen LogP) is 0.505. The van der Waals surface area contributed by atoms with Gasteiger partial charge in [-0.3, -0.25) is 0 Å². The number of hydrogen-bond acceptors (Lipinski definition) is 5. The van der Waals surface area contributed by atoms with Crippen molar-refractivity contribution in [3.8, 4) is 0 Å². The van der Waals surface area contributed by atoms with Gasteiger partial charge in [-0.25, -0.2) is 0 Å². The summed E-state index contributed by atoms with van der Waals surface area (Å²) in [6.07, 6.45) is -2.45. The van der Waals surface area contributed by atoms with Crippen molar-refractivity contribution in [1.82, 2.24) is 10.1 Å². The van der Waals surface area contributed by atoms with Crippen LogP contribution < -0.4 is 5.73 Å². The fourth-order valence-electron chi connectivity index (χ4n) is 1.06. The van der Waals surface area contributed by atoms with Crippen LogP contribution >= 0.6 is 0 Å². The molecule has 0 aromatic carbocycles. The van der Waals surface area contributed by atoms with Gasteiger partial charge in [0, 0.05) is 12.5 Å². The molecule has 0 bridgehead atoms. The van der Waals surface area contributed by atoms with Crippen LogP contribution in [-0.4, -0.2) is 27.9 Å². The maximum Gasteiger partial charge on any atom is 0.315 e. The van der Waals surface area contributed by atoms with Gasteiger partial charge in [-0.1, -0.05) is 12.1 Å². The average Bonchev–Trinajstić information content (AvgIpc) is 2.65. The highest BCUT2D eigenvalue weighted by atomic mass is 19.3. The Labute approximate surface area is 85.3 Å². The molecule has 0 radical (unpaired) electrons. The third kappa shape index (κ3) is 3.21. The second kappa shape index (κ2) is 5.13. The highest BCUT2D eigenvalue weighted by Gasteiger charge is 2.19. The van der Waals surface area contributed by atoms with Crippen LogP contribution in [0.15, 0.2) is 4.52 Å². The molecule has 0 fully saturated rings. The van der Waals surface area contributed by atoms with Crippen LogP contribution in [0.5, 0.6) is 0 Å². The van der Waals surface area contributed by atoms with Gasteiger partial charge in [0.1, 0.15) is 0 Å². The van der Waals surface area contributed by atoms with Gasteiger partial charge in [0.15, 0.2) is 5.82 Å². The number of nitrogens with two attached hydrogens (primary N) is 1. The Hall–Kier alpha value is -1.08. The SMILES string of the molecule is CC(Cc1noc(C(F)F)n1)C(N)CO. The predicted molar refractivity (Wildman–Crippen MR) is 47.2 cm³/mol. The van der Waals surface area contributed by atoms with E-state index in [0.717, 1.165) is 0 Å². The molecular weight excluding hydrogens is 208 g/mol. The molecule has 0 aliphatic rings. The summed E-state index contributed by atoms with van der Waals surface area (Å²) in [4.78, 5) is 3.50.